The molecule has 2 atom stereocenters. The van der Waals surface area contributed by atoms with Crippen LogP contribution in [-0.4, -0.2) is 58.8 Å². The van der Waals surface area contributed by atoms with Gasteiger partial charge in [-0.05, 0) is 37.3 Å². The Balaban J connectivity index is 1.42. The molecule has 1 aliphatic heterocycles. The molecule has 1 saturated heterocycles. The summed E-state index contributed by atoms with van der Waals surface area (Å²) in [7, 11) is 0. The van der Waals surface area contributed by atoms with Gasteiger partial charge in [0, 0.05) is 43.9 Å². The molecule has 2 aromatic carbocycles. The van der Waals surface area contributed by atoms with Crippen LogP contribution in [-0.2, 0) is 4.79 Å². The fourth-order valence-corrected chi connectivity index (χ4v) is 5.21. The van der Waals surface area contributed by atoms with Crippen LogP contribution in [0.2, 0.25) is 0 Å². The Labute approximate surface area is 200 Å². The summed E-state index contributed by atoms with van der Waals surface area (Å²) in [5.41, 5.74) is 1.31. The molecule has 2 aromatic rings. The highest BCUT2D eigenvalue weighted by Gasteiger charge is 2.38. The zero-order chi connectivity index (χ0) is 24.1. The number of non-ortho nitro benzene ring substituents is 1. The van der Waals surface area contributed by atoms with Gasteiger partial charge in [0.1, 0.15) is 0 Å². The molecule has 8 heteroatoms. The summed E-state index contributed by atoms with van der Waals surface area (Å²) < 4.78 is 0. The van der Waals surface area contributed by atoms with Gasteiger partial charge in [0.25, 0.3) is 11.6 Å². The summed E-state index contributed by atoms with van der Waals surface area (Å²) in [4.78, 5) is 40.9. The Bertz CT molecular complexity index is 1010. The minimum Gasteiger partial charge on any atom is -0.348 e. The first-order chi connectivity index (χ1) is 16.4. The molecule has 34 heavy (non-hydrogen) atoms. The monoisotopic (exact) mass is 464 g/mol. The lowest BCUT2D eigenvalue weighted by Gasteiger charge is -2.41. The number of carbonyl (C=O) groups excluding carboxylic acids is 2. The molecule has 2 aliphatic rings. The number of nitro benzene ring substituents is 1. The number of nitrogens with one attached hydrogen (secondary N) is 1. The zero-order valence-corrected chi connectivity index (χ0v) is 19.6. The third-order valence-corrected chi connectivity index (χ3v) is 7.07. The summed E-state index contributed by atoms with van der Waals surface area (Å²) >= 11 is 0. The molecule has 0 spiro atoms. The Morgan fingerprint density at radius 2 is 1.68 bits per heavy atom. The fraction of sp³-hybridized carbons (Fsp3) is 0.462. The number of benzene rings is 2. The number of amides is 2. The molecule has 8 nitrogen and oxygen atoms in total. The summed E-state index contributed by atoms with van der Waals surface area (Å²) in [6.07, 6.45) is 4.39. The van der Waals surface area contributed by atoms with Crippen LogP contribution >= 0.6 is 0 Å². The van der Waals surface area contributed by atoms with E-state index in [-0.39, 0.29) is 29.6 Å². The van der Waals surface area contributed by atoms with Crippen molar-refractivity contribution in [1.82, 2.24) is 15.1 Å². The maximum atomic E-state index is 13.5. The van der Waals surface area contributed by atoms with Crippen LogP contribution in [0.1, 0.15) is 54.6 Å². The molecular weight excluding hydrogens is 432 g/mol. The smallest absolute Gasteiger partial charge is 0.270 e. The van der Waals surface area contributed by atoms with Gasteiger partial charge in [0.15, 0.2) is 0 Å². The second-order valence-electron chi connectivity index (χ2n) is 9.27. The van der Waals surface area contributed by atoms with E-state index in [1.807, 2.05) is 37.3 Å². The van der Waals surface area contributed by atoms with E-state index in [0.29, 0.717) is 37.7 Å². The SMILES string of the molecule is CC(NC(=O)C(C1CCCC1)N1CCN(C(=O)c2cccc([N+](=O)[O-])c2)CC1)c1ccccc1. The Hall–Kier alpha value is -3.26. The average Bonchev–Trinajstić information content (AvgIpc) is 3.39. The number of nitro groups is 1. The predicted molar refractivity (Wildman–Crippen MR) is 129 cm³/mol. The van der Waals surface area contributed by atoms with Gasteiger partial charge in [-0.15, -0.1) is 0 Å². The van der Waals surface area contributed by atoms with E-state index < -0.39 is 4.92 Å². The number of nitrogens with zero attached hydrogens (tertiary/aromatic N) is 3. The van der Waals surface area contributed by atoms with E-state index in [2.05, 4.69) is 10.2 Å². The molecule has 2 fully saturated rings. The van der Waals surface area contributed by atoms with Crippen molar-refractivity contribution in [2.24, 2.45) is 5.92 Å². The van der Waals surface area contributed by atoms with Crippen LogP contribution in [0.4, 0.5) is 5.69 Å². The number of hydrogen-bond acceptors (Lipinski definition) is 5. The Morgan fingerprint density at radius 3 is 2.32 bits per heavy atom. The van der Waals surface area contributed by atoms with Gasteiger partial charge in [-0.2, -0.15) is 0 Å². The lowest BCUT2D eigenvalue weighted by Crippen LogP contribution is -2.58. The maximum absolute atomic E-state index is 13.5. The molecule has 0 bridgehead atoms. The number of hydrogen-bond donors (Lipinski definition) is 1. The van der Waals surface area contributed by atoms with Crippen LogP contribution in [0.25, 0.3) is 0 Å². The van der Waals surface area contributed by atoms with Gasteiger partial charge in [0.05, 0.1) is 17.0 Å². The summed E-state index contributed by atoms with van der Waals surface area (Å²) in [5.74, 6) is 0.173. The maximum Gasteiger partial charge on any atom is 0.270 e. The van der Waals surface area contributed by atoms with E-state index in [1.54, 1.807) is 11.0 Å². The minimum absolute atomic E-state index is 0.0571. The van der Waals surface area contributed by atoms with Crippen molar-refractivity contribution in [3.63, 3.8) is 0 Å². The second-order valence-corrected chi connectivity index (χ2v) is 9.27. The summed E-state index contributed by atoms with van der Waals surface area (Å²) in [5, 5.41) is 14.3. The normalized spacial score (nSPS) is 18.9. The van der Waals surface area contributed by atoms with Gasteiger partial charge in [0.2, 0.25) is 5.91 Å². The molecule has 1 heterocycles. The van der Waals surface area contributed by atoms with Crippen molar-refractivity contribution in [2.75, 3.05) is 26.2 Å². The first-order valence-corrected chi connectivity index (χ1v) is 12.1. The van der Waals surface area contributed by atoms with Crippen molar-refractivity contribution in [3.8, 4) is 0 Å². The van der Waals surface area contributed by atoms with Crippen LogP contribution in [0.3, 0.4) is 0 Å². The Morgan fingerprint density at radius 1 is 1.00 bits per heavy atom. The van der Waals surface area contributed by atoms with Crippen molar-refractivity contribution < 1.29 is 14.5 Å². The third-order valence-electron chi connectivity index (χ3n) is 7.07. The highest BCUT2D eigenvalue weighted by Crippen LogP contribution is 2.31. The zero-order valence-electron chi connectivity index (χ0n) is 19.6. The van der Waals surface area contributed by atoms with Gasteiger partial charge in [-0.1, -0.05) is 49.2 Å². The van der Waals surface area contributed by atoms with Gasteiger partial charge in [-0.3, -0.25) is 24.6 Å². The molecular formula is C26H32N4O4. The quantitative estimate of drug-likeness (QED) is 0.497. The van der Waals surface area contributed by atoms with Gasteiger partial charge < -0.3 is 10.2 Å². The molecule has 2 unspecified atom stereocenters. The van der Waals surface area contributed by atoms with Crippen LogP contribution in [0.15, 0.2) is 54.6 Å². The number of rotatable bonds is 7. The molecule has 4 rings (SSSR count). The standard InChI is InChI=1S/C26H32N4O4/c1-19(20-8-3-2-4-9-20)27-25(31)24(21-10-5-6-11-21)28-14-16-29(17-15-28)26(32)22-12-7-13-23(18-22)30(33)34/h2-4,7-9,12-13,18-19,21,24H,5-6,10-11,14-17H2,1H3,(H,27,31). The highest BCUT2D eigenvalue weighted by atomic mass is 16.6. The largest absolute Gasteiger partial charge is 0.348 e. The predicted octanol–water partition coefficient (Wildman–Crippen LogP) is 3.79. The molecule has 1 N–H and O–H groups in total. The second kappa shape index (κ2) is 10.8. The summed E-state index contributed by atoms with van der Waals surface area (Å²) in [6, 6.07) is 15.5. The lowest BCUT2D eigenvalue weighted by atomic mass is 9.94. The lowest BCUT2D eigenvalue weighted by molar-refractivity contribution is -0.384. The average molecular weight is 465 g/mol. The van der Waals surface area contributed by atoms with E-state index in [9.17, 15) is 19.7 Å². The van der Waals surface area contributed by atoms with E-state index in [4.69, 9.17) is 0 Å². The summed E-state index contributed by atoms with van der Waals surface area (Å²) in [6.45, 7) is 4.21. The van der Waals surface area contributed by atoms with Crippen LogP contribution in [0, 0.1) is 16.0 Å². The minimum atomic E-state index is -0.490. The fourth-order valence-electron chi connectivity index (χ4n) is 5.21. The van der Waals surface area contributed by atoms with Crippen molar-refractivity contribution in [3.05, 3.63) is 75.8 Å². The van der Waals surface area contributed by atoms with E-state index >= 15 is 0 Å². The van der Waals surface area contributed by atoms with Crippen molar-refractivity contribution in [2.45, 2.75) is 44.7 Å². The molecule has 1 saturated carbocycles. The Kier molecular flexibility index (Phi) is 7.57. The van der Waals surface area contributed by atoms with E-state index in [1.165, 1.54) is 18.2 Å². The molecule has 0 radical (unpaired) electrons. The van der Waals surface area contributed by atoms with Gasteiger partial charge >= 0.3 is 0 Å². The van der Waals surface area contributed by atoms with Crippen molar-refractivity contribution in [1.29, 1.82) is 0 Å². The first-order valence-electron chi connectivity index (χ1n) is 12.1. The topological polar surface area (TPSA) is 95.8 Å². The number of piperazine rings is 1. The van der Waals surface area contributed by atoms with Gasteiger partial charge in [-0.25, -0.2) is 0 Å². The molecule has 0 aromatic heterocycles. The molecule has 2 amide bonds. The molecule has 180 valence electrons. The van der Waals surface area contributed by atoms with Crippen LogP contribution in [0.5, 0.6) is 0 Å². The highest BCUT2D eigenvalue weighted by molar-refractivity contribution is 5.95. The molecule has 1 aliphatic carbocycles. The van der Waals surface area contributed by atoms with E-state index in [0.717, 1.165) is 31.2 Å². The van der Waals surface area contributed by atoms with Crippen molar-refractivity contribution >= 4 is 17.5 Å². The first kappa shape index (κ1) is 23.9. The number of carbonyl (C=O) groups is 2. The van der Waals surface area contributed by atoms with Crippen LogP contribution < -0.4 is 5.32 Å². The third kappa shape index (κ3) is 5.44.